The van der Waals surface area contributed by atoms with Gasteiger partial charge in [0.2, 0.25) is 0 Å². The van der Waals surface area contributed by atoms with Gasteiger partial charge in [0.25, 0.3) is 0 Å². The van der Waals surface area contributed by atoms with Crippen molar-refractivity contribution in [2.75, 3.05) is 0 Å². The molecule has 0 spiro atoms. The third-order valence-electron chi connectivity index (χ3n) is 5.49. The minimum atomic E-state index is 0.130. The van der Waals surface area contributed by atoms with Gasteiger partial charge in [-0.05, 0) is 54.7 Å². The number of morpholine rings is 1. The van der Waals surface area contributed by atoms with Crippen molar-refractivity contribution >= 4 is 0 Å². The Morgan fingerprint density at radius 2 is 1.95 bits per heavy atom. The van der Waals surface area contributed by atoms with Gasteiger partial charge >= 0.3 is 0 Å². The van der Waals surface area contributed by atoms with Crippen LogP contribution in [-0.4, -0.2) is 12.1 Å². The predicted molar refractivity (Wildman–Crippen MR) is 87.9 cm³/mol. The Hall–Kier alpha value is -1.96. The fraction of sp³-hybridized carbons (Fsp3) is 0.400. The van der Waals surface area contributed by atoms with Crippen molar-refractivity contribution in [2.45, 2.75) is 44.2 Å². The van der Waals surface area contributed by atoms with E-state index in [1.54, 1.807) is 0 Å². The molecule has 0 amide bonds. The lowest BCUT2D eigenvalue weighted by Crippen LogP contribution is -2.48. The fourth-order valence-electron chi connectivity index (χ4n) is 4.31. The van der Waals surface area contributed by atoms with Crippen LogP contribution in [0.1, 0.15) is 32.1 Å². The Bertz CT molecular complexity index is 701. The van der Waals surface area contributed by atoms with Crippen LogP contribution in [0.25, 0.3) is 0 Å². The number of hydrogen-bond acceptors (Lipinski definition) is 2. The van der Waals surface area contributed by atoms with Gasteiger partial charge in [-0.1, -0.05) is 42.5 Å². The summed E-state index contributed by atoms with van der Waals surface area (Å²) in [6.45, 7) is 0. The largest absolute Gasteiger partial charge is 0.481 e. The zero-order valence-corrected chi connectivity index (χ0v) is 12.7. The Morgan fingerprint density at radius 1 is 1.05 bits per heavy atom. The SMILES string of the molecule is C1=CC2=C(C=CC3NC4=CCC5CCC=CC5=C4OC23)CC1. The van der Waals surface area contributed by atoms with E-state index >= 15 is 0 Å². The molecule has 0 aromatic rings. The minimum absolute atomic E-state index is 0.130. The summed E-state index contributed by atoms with van der Waals surface area (Å²) in [5.41, 5.74) is 5.44. The van der Waals surface area contributed by atoms with Gasteiger partial charge in [-0.25, -0.2) is 0 Å². The number of hydrogen-bond donors (Lipinski definition) is 1. The zero-order valence-electron chi connectivity index (χ0n) is 12.7. The van der Waals surface area contributed by atoms with Crippen LogP contribution in [0.15, 0.2) is 70.7 Å². The van der Waals surface area contributed by atoms with Gasteiger partial charge in [-0.15, -0.1) is 0 Å². The number of rotatable bonds is 0. The molecular weight excluding hydrogens is 270 g/mol. The van der Waals surface area contributed by atoms with Gasteiger partial charge in [0.05, 0.1) is 11.7 Å². The highest BCUT2D eigenvalue weighted by molar-refractivity contribution is 5.50. The molecule has 3 unspecified atom stereocenters. The molecule has 1 heterocycles. The van der Waals surface area contributed by atoms with Crippen molar-refractivity contribution in [2.24, 2.45) is 5.92 Å². The molecule has 0 bridgehead atoms. The van der Waals surface area contributed by atoms with E-state index in [2.05, 4.69) is 47.8 Å². The van der Waals surface area contributed by atoms with Crippen molar-refractivity contribution in [1.29, 1.82) is 0 Å². The van der Waals surface area contributed by atoms with Crippen molar-refractivity contribution in [3.63, 3.8) is 0 Å². The molecule has 3 atom stereocenters. The van der Waals surface area contributed by atoms with Gasteiger partial charge < -0.3 is 10.1 Å². The third-order valence-corrected chi connectivity index (χ3v) is 5.49. The van der Waals surface area contributed by atoms with Gasteiger partial charge in [-0.2, -0.15) is 0 Å². The molecule has 0 radical (unpaired) electrons. The normalized spacial score (nSPS) is 34.9. The van der Waals surface area contributed by atoms with Crippen LogP contribution < -0.4 is 5.32 Å². The second kappa shape index (κ2) is 4.77. The molecule has 5 aliphatic rings. The lowest BCUT2D eigenvalue weighted by Gasteiger charge is -2.42. The quantitative estimate of drug-likeness (QED) is 0.726. The summed E-state index contributed by atoms with van der Waals surface area (Å²) in [4.78, 5) is 0. The van der Waals surface area contributed by atoms with Crippen LogP contribution in [0.3, 0.4) is 0 Å². The van der Waals surface area contributed by atoms with Crippen LogP contribution in [0.5, 0.6) is 0 Å². The van der Waals surface area contributed by atoms with Gasteiger partial charge in [0.1, 0.15) is 11.9 Å². The summed E-state index contributed by atoms with van der Waals surface area (Å²) in [7, 11) is 0. The predicted octanol–water partition coefficient (Wildman–Crippen LogP) is 4.07. The number of ether oxygens (including phenoxy) is 1. The highest BCUT2D eigenvalue weighted by atomic mass is 16.5. The summed E-state index contributed by atoms with van der Waals surface area (Å²) in [5.74, 6) is 1.76. The molecule has 112 valence electrons. The van der Waals surface area contributed by atoms with Crippen molar-refractivity contribution in [1.82, 2.24) is 5.32 Å². The van der Waals surface area contributed by atoms with Crippen molar-refractivity contribution < 1.29 is 4.74 Å². The van der Waals surface area contributed by atoms with Crippen LogP contribution in [0, 0.1) is 5.92 Å². The molecule has 5 rings (SSSR count). The van der Waals surface area contributed by atoms with Crippen molar-refractivity contribution in [3.8, 4) is 0 Å². The van der Waals surface area contributed by atoms with E-state index in [4.69, 9.17) is 4.74 Å². The Morgan fingerprint density at radius 3 is 2.95 bits per heavy atom. The summed E-state index contributed by atoms with van der Waals surface area (Å²) in [5, 5.41) is 3.71. The standard InChI is InChI=1S/C20H21NO/c1-3-7-15-13(5-1)9-11-17-19(15)22-20-16-8-4-2-6-14(16)10-12-18(20)21-17/h3-4,7-9,11-12,14,17,19,21H,1-2,5-6,10H2. The third kappa shape index (κ3) is 1.79. The molecule has 0 aromatic carbocycles. The molecule has 0 aromatic heterocycles. The van der Waals surface area contributed by atoms with Gasteiger partial charge in [0, 0.05) is 0 Å². The average molecular weight is 291 g/mol. The minimum Gasteiger partial charge on any atom is -0.481 e. The number of fused-ring (bicyclic) bond motifs is 4. The maximum absolute atomic E-state index is 6.57. The van der Waals surface area contributed by atoms with Crippen LogP contribution in [-0.2, 0) is 4.74 Å². The first-order valence-corrected chi connectivity index (χ1v) is 8.52. The molecule has 2 nitrogen and oxygen atoms in total. The molecule has 1 aliphatic heterocycles. The first kappa shape index (κ1) is 12.6. The summed E-state index contributed by atoms with van der Waals surface area (Å²) < 4.78 is 6.57. The average Bonchev–Trinajstić information content (AvgIpc) is 2.60. The fourth-order valence-corrected chi connectivity index (χ4v) is 4.31. The lowest BCUT2D eigenvalue weighted by molar-refractivity contribution is 0.100. The zero-order chi connectivity index (χ0) is 14.5. The van der Waals surface area contributed by atoms with Crippen LogP contribution in [0.4, 0.5) is 0 Å². The number of nitrogens with one attached hydrogen (secondary N) is 1. The van der Waals surface area contributed by atoms with Crippen LogP contribution >= 0.6 is 0 Å². The Labute approximate surface area is 131 Å². The highest BCUT2D eigenvalue weighted by Gasteiger charge is 2.38. The number of allylic oxidation sites excluding steroid dienone is 7. The topological polar surface area (TPSA) is 21.3 Å². The molecule has 1 N–H and O–H groups in total. The molecule has 0 saturated carbocycles. The molecule has 1 fully saturated rings. The summed E-state index contributed by atoms with van der Waals surface area (Å²) in [6, 6.07) is 0.265. The maximum atomic E-state index is 6.57. The molecule has 1 saturated heterocycles. The van der Waals surface area contributed by atoms with Crippen LogP contribution in [0.2, 0.25) is 0 Å². The first-order valence-electron chi connectivity index (χ1n) is 8.52. The molecule has 22 heavy (non-hydrogen) atoms. The van der Waals surface area contributed by atoms with E-state index < -0.39 is 0 Å². The van der Waals surface area contributed by atoms with Gasteiger partial charge in [-0.3, -0.25) is 0 Å². The van der Waals surface area contributed by atoms with Crippen molar-refractivity contribution in [3.05, 3.63) is 70.7 Å². The summed E-state index contributed by atoms with van der Waals surface area (Å²) >= 11 is 0. The van der Waals surface area contributed by atoms with E-state index in [9.17, 15) is 0 Å². The molecule has 4 aliphatic carbocycles. The van der Waals surface area contributed by atoms with E-state index in [1.807, 2.05) is 0 Å². The smallest absolute Gasteiger partial charge is 0.148 e. The monoisotopic (exact) mass is 291 g/mol. The van der Waals surface area contributed by atoms with E-state index in [1.165, 1.54) is 35.3 Å². The lowest BCUT2D eigenvalue weighted by atomic mass is 9.80. The van der Waals surface area contributed by atoms with E-state index in [0.29, 0.717) is 5.92 Å². The highest BCUT2D eigenvalue weighted by Crippen LogP contribution is 2.42. The summed E-state index contributed by atoms with van der Waals surface area (Å²) in [6.07, 6.45) is 22.1. The Kier molecular flexibility index (Phi) is 2.73. The first-order chi connectivity index (χ1) is 10.9. The molecular formula is C20H21NO. The second-order valence-electron chi connectivity index (χ2n) is 6.80. The van der Waals surface area contributed by atoms with Gasteiger partial charge in [0.15, 0.2) is 0 Å². The molecule has 2 heteroatoms. The van der Waals surface area contributed by atoms with E-state index in [-0.39, 0.29) is 12.1 Å². The Balaban J connectivity index is 1.57. The maximum Gasteiger partial charge on any atom is 0.148 e. The second-order valence-corrected chi connectivity index (χ2v) is 6.80. The van der Waals surface area contributed by atoms with E-state index in [0.717, 1.165) is 25.0 Å².